The number of hydrogen-bond acceptors (Lipinski definition) is 4. The molecule has 3 rings (SSSR count). The number of anilines is 1. The number of halogens is 3. The van der Waals surface area contributed by atoms with E-state index in [2.05, 4.69) is 21.2 Å². The van der Waals surface area contributed by atoms with Crippen LogP contribution in [0.5, 0.6) is 0 Å². The molecule has 156 valence electrons. The fourth-order valence-corrected chi connectivity index (χ4v) is 4.76. The number of benzene rings is 2. The summed E-state index contributed by atoms with van der Waals surface area (Å²) in [5.41, 5.74) is 0.671. The van der Waals surface area contributed by atoms with Crippen molar-refractivity contribution in [3.63, 3.8) is 0 Å². The number of piperazine rings is 1. The number of rotatable bonds is 5. The van der Waals surface area contributed by atoms with Crippen LogP contribution >= 0.6 is 15.9 Å². The Morgan fingerprint density at radius 3 is 2.24 bits per heavy atom. The van der Waals surface area contributed by atoms with Gasteiger partial charge in [-0.25, -0.2) is 17.2 Å². The Kier molecular flexibility index (Phi) is 6.67. The van der Waals surface area contributed by atoms with E-state index in [0.717, 1.165) is 16.6 Å². The molecule has 0 radical (unpaired) electrons. The van der Waals surface area contributed by atoms with Gasteiger partial charge in [-0.1, -0.05) is 15.9 Å². The van der Waals surface area contributed by atoms with Crippen molar-refractivity contribution in [3.05, 3.63) is 58.6 Å². The van der Waals surface area contributed by atoms with Gasteiger partial charge in [0, 0.05) is 36.3 Å². The second-order valence-electron chi connectivity index (χ2n) is 6.69. The van der Waals surface area contributed by atoms with Crippen LogP contribution in [0, 0.1) is 11.6 Å². The van der Waals surface area contributed by atoms with Crippen LogP contribution in [0.15, 0.2) is 51.8 Å². The highest BCUT2D eigenvalue weighted by atomic mass is 79.9. The van der Waals surface area contributed by atoms with Crippen molar-refractivity contribution in [2.45, 2.75) is 17.9 Å². The molecular weight excluding hydrogens is 468 g/mol. The van der Waals surface area contributed by atoms with Gasteiger partial charge in [0.25, 0.3) is 0 Å². The van der Waals surface area contributed by atoms with Gasteiger partial charge in [-0.15, -0.1) is 0 Å². The molecule has 0 bridgehead atoms. The second kappa shape index (κ2) is 8.86. The standard InChI is InChI=1S/C19H20BrF2N3O3S/c1-13(19(26)23-15-4-2-14(20)3-5-15)24-8-10-25(11-9-24)29(27,28)16-6-7-17(21)18(22)12-16/h2-7,12-13H,8-11H2,1H3,(H,23,26). The lowest BCUT2D eigenvalue weighted by Crippen LogP contribution is -2.53. The Bertz CT molecular complexity index is 994. The average molecular weight is 488 g/mol. The van der Waals surface area contributed by atoms with Crippen LogP contribution in [0.3, 0.4) is 0 Å². The van der Waals surface area contributed by atoms with E-state index in [1.807, 2.05) is 17.0 Å². The van der Waals surface area contributed by atoms with E-state index in [9.17, 15) is 22.0 Å². The molecule has 1 aliphatic heterocycles. The molecule has 1 amide bonds. The van der Waals surface area contributed by atoms with Crippen LogP contribution in [0.4, 0.5) is 14.5 Å². The lowest BCUT2D eigenvalue weighted by molar-refractivity contribution is -0.121. The maximum absolute atomic E-state index is 13.4. The van der Waals surface area contributed by atoms with E-state index in [1.54, 1.807) is 19.1 Å². The first kappa shape index (κ1) is 21.8. The number of nitrogens with one attached hydrogen (secondary N) is 1. The Balaban J connectivity index is 1.61. The number of hydrogen-bond donors (Lipinski definition) is 1. The summed E-state index contributed by atoms with van der Waals surface area (Å²) in [5, 5.41) is 2.83. The van der Waals surface area contributed by atoms with Gasteiger partial charge in [-0.3, -0.25) is 9.69 Å². The van der Waals surface area contributed by atoms with Gasteiger partial charge < -0.3 is 5.32 Å². The SMILES string of the molecule is CC(C(=O)Nc1ccc(Br)cc1)N1CCN(S(=O)(=O)c2ccc(F)c(F)c2)CC1. The van der Waals surface area contributed by atoms with Gasteiger partial charge in [0.1, 0.15) is 0 Å². The summed E-state index contributed by atoms with van der Waals surface area (Å²) in [5.74, 6) is -2.49. The van der Waals surface area contributed by atoms with Crippen molar-refractivity contribution >= 4 is 37.5 Å². The molecule has 1 heterocycles. The molecule has 1 fully saturated rings. The molecule has 1 unspecified atom stereocenters. The van der Waals surface area contributed by atoms with Crippen molar-refractivity contribution < 1.29 is 22.0 Å². The smallest absolute Gasteiger partial charge is 0.243 e. The fraction of sp³-hybridized carbons (Fsp3) is 0.316. The van der Waals surface area contributed by atoms with Gasteiger partial charge in [0.15, 0.2) is 11.6 Å². The summed E-state index contributed by atoms with van der Waals surface area (Å²) in [4.78, 5) is 14.1. The lowest BCUT2D eigenvalue weighted by atomic mass is 10.2. The molecule has 6 nitrogen and oxygen atoms in total. The van der Waals surface area contributed by atoms with Gasteiger partial charge >= 0.3 is 0 Å². The molecule has 2 aromatic carbocycles. The van der Waals surface area contributed by atoms with Crippen molar-refractivity contribution in [3.8, 4) is 0 Å². The molecule has 0 spiro atoms. The van der Waals surface area contributed by atoms with Crippen LogP contribution in [-0.4, -0.2) is 55.8 Å². The quantitative estimate of drug-likeness (QED) is 0.703. The Morgan fingerprint density at radius 1 is 1.03 bits per heavy atom. The highest BCUT2D eigenvalue weighted by Gasteiger charge is 2.32. The minimum Gasteiger partial charge on any atom is -0.325 e. The van der Waals surface area contributed by atoms with Crippen LogP contribution < -0.4 is 5.32 Å². The molecule has 1 atom stereocenters. The highest BCUT2D eigenvalue weighted by molar-refractivity contribution is 9.10. The molecule has 0 aromatic heterocycles. The fourth-order valence-electron chi connectivity index (χ4n) is 3.06. The molecule has 29 heavy (non-hydrogen) atoms. The van der Waals surface area contributed by atoms with E-state index in [4.69, 9.17) is 0 Å². The molecule has 1 aliphatic rings. The number of sulfonamides is 1. The maximum atomic E-state index is 13.4. The Hall–Kier alpha value is -1.88. The molecule has 10 heteroatoms. The van der Waals surface area contributed by atoms with Crippen molar-refractivity contribution in [2.75, 3.05) is 31.5 Å². The first-order valence-electron chi connectivity index (χ1n) is 8.94. The topological polar surface area (TPSA) is 69.7 Å². The van der Waals surface area contributed by atoms with Crippen LogP contribution in [0.25, 0.3) is 0 Å². The minimum atomic E-state index is -3.93. The average Bonchev–Trinajstić information content (AvgIpc) is 2.71. The molecule has 1 N–H and O–H groups in total. The van der Waals surface area contributed by atoms with Crippen molar-refractivity contribution in [1.29, 1.82) is 0 Å². The Labute approximate surface area is 176 Å². The molecule has 0 saturated carbocycles. The summed E-state index contributed by atoms with van der Waals surface area (Å²) in [6, 6.07) is 9.28. The molecular formula is C19H20BrF2N3O3S. The van der Waals surface area contributed by atoms with Crippen LogP contribution in [0.2, 0.25) is 0 Å². The van der Waals surface area contributed by atoms with E-state index in [1.165, 1.54) is 4.31 Å². The van der Waals surface area contributed by atoms with Crippen LogP contribution in [-0.2, 0) is 14.8 Å². The molecule has 2 aromatic rings. The zero-order valence-corrected chi connectivity index (χ0v) is 18.0. The second-order valence-corrected chi connectivity index (χ2v) is 9.54. The predicted molar refractivity (Wildman–Crippen MR) is 109 cm³/mol. The third kappa shape index (κ3) is 5.00. The molecule has 0 aliphatic carbocycles. The van der Waals surface area contributed by atoms with E-state index in [-0.39, 0.29) is 23.9 Å². The van der Waals surface area contributed by atoms with Crippen molar-refractivity contribution in [1.82, 2.24) is 9.21 Å². The normalized spacial score (nSPS) is 17.1. The third-order valence-corrected chi connectivity index (χ3v) is 7.26. The number of carbonyl (C=O) groups is 1. The largest absolute Gasteiger partial charge is 0.325 e. The van der Waals surface area contributed by atoms with E-state index < -0.39 is 27.7 Å². The van der Waals surface area contributed by atoms with Gasteiger partial charge in [0.05, 0.1) is 10.9 Å². The maximum Gasteiger partial charge on any atom is 0.243 e. The number of carbonyl (C=O) groups excluding carboxylic acids is 1. The summed E-state index contributed by atoms with van der Waals surface area (Å²) in [7, 11) is -3.93. The van der Waals surface area contributed by atoms with E-state index >= 15 is 0 Å². The van der Waals surface area contributed by atoms with Gasteiger partial charge in [-0.05, 0) is 49.4 Å². The summed E-state index contributed by atoms with van der Waals surface area (Å²) < 4.78 is 54.0. The third-order valence-electron chi connectivity index (χ3n) is 4.84. The molecule has 1 saturated heterocycles. The van der Waals surface area contributed by atoms with Gasteiger partial charge in [-0.2, -0.15) is 4.31 Å². The van der Waals surface area contributed by atoms with Gasteiger partial charge in [0.2, 0.25) is 15.9 Å². The minimum absolute atomic E-state index is 0.150. The van der Waals surface area contributed by atoms with E-state index in [0.29, 0.717) is 24.8 Å². The Morgan fingerprint density at radius 2 is 1.66 bits per heavy atom. The van der Waals surface area contributed by atoms with Crippen LogP contribution in [0.1, 0.15) is 6.92 Å². The summed E-state index contributed by atoms with van der Waals surface area (Å²) in [6.45, 7) is 2.75. The zero-order valence-electron chi connectivity index (χ0n) is 15.6. The lowest BCUT2D eigenvalue weighted by Gasteiger charge is -2.36. The zero-order chi connectivity index (χ0) is 21.2. The summed E-state index contributed by atoms with van der Waals surface area (Å²) >= 11 is 3.33. The summed E-state index contributed by atoms with van der Waals surface area (Å²) in [6.07, 6.45) is 0. The predicted octanol–water partition coefficient (Wildman–Crippen LogP) is 3.06. The first-order valence-corrected chi connectivity index (χ1v) is 11.2. The first-order chi connectivity index (χ1) is 13.7. The number of amides is 1. The monoisotopic (exact) mass is 487 g/mol. The van der Waals surface area contributed by atoms with Crippen molar-refractivity contribution in [2.24, 2.45) is 0 Å². The highest BCUT2D eigenvalue weighted by Crippen LogP contribution is 2.21. The number of nitrogens with zero attached hydrogens (tertiary/aromatic N) is 2.